The van der Waals surface area contributed by atoms with E-state index in [1.807, 2.05) is 17.5 Å². The summed E-state index contributed by atoms with van der Waals surface area (Å²) in [5.41, 5.74) is 6.04. The van der Waals surface area contributed by atoms with Gasteiger partial charge >= 0.3 is 5.97 Å². The number of aromatic nitrogens is 3. The van der Waals surface area contributed by atoms with E-state index in [2.05, 4.69) is 10.3 Å². The van der Waals surface area contributed by atoms with Crippen LogP contribution < -0.4 is 5.73 Å². The van der Waals surface area contributed by atoms with Crippen molar-refractivity contribution in [3.8, 4) is 0 Å². The van der Waals surface area contributed by atoms with Gasteiger partial charge in [0, 0.05) is 11.3 Å². The van der Waals surface area contributed by atoms with Gasteiger partial charge in [0.05, 0.1) is 12.2 Å². The Balaban J connectivity index is 2.30. The van der Waals surface area contributed by atoms with Crippen LogP contribution in [0.2, 0.25) is 0 Å². The molecule has 0 saturated heterocycles. The fraction of sp³-hybridized carbons (Fsp3) is 0.300. The average Bonchev–Trinajstić information content (AvgIpc) is 2.90. The second-order valence-corrected chi connectivity index (χ2v) is 4.50. The molecule has 0 aliphatic rings. The molecule has 0 spiro atoms. The molecule has 0 fully saturated rings. The maximum Gasteiger partial charge on any atom is 0.358 e. The zero-order chi connectivity index (χ0) is 12.3. The number of thiophene rings is 1. The van der Waals surface area contributed by atoms with Crippen molar-refractivity contribution < 1.29 is 9.90 Å². The molecule has 0 aliphatic heterocycles. The van der Waals surface area contributed by atoms with Crippen molar-refractivity contribution in [2.24, 2.45) is 5.73 Å². The normalized spacial score (nSPS) is 10.6. The summed E-state index contributed by atoms with van der Waals surface area (Å²) in [6.45, 7) is 0.908. The van der Waals surface area contributed by atoms with Crippen LogP contribution >= 0.6 is 11.3 Å². The lowest BCUT2D eigenvalue weighted by Gasteiger charge is -2.04. The minimum atomic E-state index is -1.06. The van der Waals surface area contributed by atoms with Gasteiger partial charge in [0.2, 0.25) is 0 Å². The summed E-state index contributed by atoms with van der Waals surface area (Å²) in [4.78, 5) is 12.1. The molecular weight excluding hydrogens is 240 g/mol. The third kappa shape index (κ3) is 2.51. The van der Waals surface area contributed by atoms with E-state index in [4.69, 9.17) is 10.8 Å². The zero-order valence-electron chi connectivity index (χ0n) is 9.04. The van der Waals surface area contributed by atoms with E-state index in [1.165, 1.54) is 0 Å². The highest BCUT2D eigenvalue weighted by atomic mass is 32.1. The summed E-state index contributed by atoms with van der Waals surface area (Å²) in [6.07, 6.45) is 0.458. The molecule has 0 bridgehead atoms. The molecule has 0 unspecified atom stereocenters. The van der Waals surface area contributed by atoms with Gasteiger partial charge in [-0.2, -0.15) is 0 Å². The second kappa shape index (κ2) is 5.07. The molecule has 2 heterocycles. The summed E-state index contributed by atoms with van der Waals surface area (Å²) in [5, 5.41) is 18.5. The number of carboxylic acid groups (broad SMARTS) is 1. The number of nitrogens with zero attached hydrogens (tertiary/aromatic N) is 3. The Morgan fingerprint density at radius 3 is 3.00 bits per heavy atom. The number of rotatable bonds is 5. The van der Waals surface area contributed by atoms with Crippen molar-refractivity contribution in [1.82, 2.24) is 15.0 Å². The predicted octanol–water partition coefficient (Wildman–Crippen LogP) is 0.587. The van der Waals surface area contributed by atoms with Gasteiger partial charge in [-0.1, -0.05) is 11.3 Å². The monoisotopic (exact) mass is 252 g/mol. The highest BCUT2D eigenvalue weighted by Crippen LogP contribution is 2.13. The Kier molecular flexibility index (Phi) is 3.50. The summed E-state index contributed by atoms with van der Waals surface area (Å²) in [5.74, 6) is -1.06. The van der Waals surface area contributed by atoms with Crippen LogP contribution in [-0.4, -0.2) is 32.6 Å². The lowest BCUT2D eigenvalue weighted by molar-refractivity contribution is 0.0689. The standard InChI is InChI=1S/C10H12N4O2S/c11-4-3-8-9(10(15)16)12-13-14(8)6-7-2-1-5-17-7/h1-2,5H,3-4,6,11H2,(H,15,16). The predicted molar refractivity (Wildman–Crippen MR) is 63.2 cm³/mol. The largest absolute Gasteiger partial charge is 0.476 e. The minimum Gasteiger partial charge on any atom is -0.476 e. The van der Waals surface area contributed by atoms with E-state index in [0.29, 0.717) is 25.2 Å². The van der Waals surface area contributed by atoms with E-state index in [9.17, 15) is 4.79 Å². The molecular formula is C10H12N4O2S. The van der Waals surface area contributed by atoms with Crippen LogP contribution in [0.25, 0.3) is 0 Å². The van der Waals surface area contributed by atoms with E-state index >= 15 is 0 Å². The minimum absolute atomic E-state index is 0.00740. The maximum absolute atomic E-state index is 11.0. The van der Waals surface area contributed by atoms with Crippen molar-refractivity contribution in [1.29, 1.82) is 0 Å². The SMILES string of the molecule is NCCc1c(C(=O)O)nnn1Cc1cccs1. The van der Waals surface area contributed by atoms with Crippen molar-refractivity contribution >= 4 is 17.3 Å². The first-order valence-electron chi connectivity index (χ1n) is 5.10. The fourth-order valence-electron chi connectivity index (χ4n) is 1.56. The van der Waals surface area contributed by atoms with Gasteiger partial charge in [-0.25, -0.2) is 9.48 Å². The zero-order valence-corrected chi connectivity index (χ0v) is 9.85. The molecule has 90 valence electrons. The highest BCUT2D eigenvalue weighted by Gasteiger charge is 2.18. The van der Waals surface area contributed by atoms with E-state index in [-0.39, 0.29) is 5.69 Å². The molecule has 0 atom stereocenters. The lowest BCUT2D eigenvalue weighted by atomic mass is 10.2. The summed E-state index contributed by atoms with van der Waals surface area (Å²) >= 11 is 1.59. The van der Waals surface area contributed by atoms with Crippen LogP contribution in [-0.2, 0) is 13.0 Å². The Morgan fingerprint density at radius 1 is 1.59 bits per heavy atom. The first kappa shape index (κ1) is 11.7. The Bertz CT molecular complexity index is 506. The van der Waals surface area contributed by atoms with Crippen molar-refractivity contribution in [3.63, 3.8) is 0 Å². The Labute approximate surface area is 102 Å². The van der Waals surface area contributed by atoms with Crippen LogP contribution in [0, 0.1) is 0 Å². The molecule has 0 saturated carbocycles. The van der Waals surface area contributed by atoms with Crippen LogP contribution in [0.15, 0.2) is 17.5 Å². The molecule has 0 aliphatic carbocycles. The molecule has 2 aromatic rings. The number of hydrogen-bond donors (Lipinski definition) is 2. The van der Waals surface area contributed by atoms with Gasteiger partial charge in [0.1, 0.15) is 0 Å². The summed E-state index contributed by atoms with van der Waals surface area (Å²) in [7, 11) is 0. The third-order valence-corrected chi connectivity index (χ3v) is 3.17. The van der Waals surface area contributed by atoms with Crippen LogP contribution in [0.5, 0.6) is 0 Å². The molecule has 3 N–H and O–H groups in total. The van der Waals surface area contributed by atoms with E-state index < -0.39 is 5.97 Å². The van der Waals surface area contributed by atoms with Crippen molar-refractivity contribution in [3.05, 3.63) is 33.8 Å². The first-order valence-corrected chi connectivity index (χ1v) is 5.98. The highest BCUT2D eigenvalue weighted by molar-refractivity contribution is 7.09. The van der Waals surface area contributed by atoms with Gasteiger partial charge in [-0.15, -0.1) is 16.4 Å². The second-order valence-electron chi connectivity index (χ2n) is 3.47. The number of carbonyl (C=O) groups is 1. The van der Waals surface area contributed by atoms with E-state index in [1.54, 1.807) is 16.0 Å². The molecule has 6 nitrogen and oxygen atoms in total. The van der Waals surface area contributed by atoms with Gasteiger partial charge in [0.25, 0.3) is 0 Å². The number of aromatic carboxylic acids is 1. The first-order chi connectivity index (χ1) is 8.22. The number of hydrogen-bond acceptors (Lipinski definition) is 5. The number of carboxylic acids is 1. The van der Waals surface area contributed by atoms with Crippen LogP contribution in [0.3, 0.4) is 0 Å². The maximum atomic E-state index is 11.0. The number of nitrogens with two attached hydrogens (primary N) is 1. The molecule has 7 heteroatoms. The Morgan fingerprint density at radius 2 is 2.41 bits per heavy atom. The lowest BCUT2D eigenvalue weighted by Crippen LogP contribution is -2.13. The average molecular weight is 252 g/mol. The van der Waals surface area contributed by atoms with Crippen molar-refractivity contribution in [2.75, 3.05) is 6.54 Å². The Hall–Kier alpha value is -1.73. The van der Waals surface area contributed by atoms with E-state index in [0.717, 1.165) is 4.88 Å². The molecule has 2 aromatic heterocycles. The van der Waals surface area contributed by atoms with Crippen LogP contribution in [0.4, 0.5) is 0 Å². The van der Waals surface area contributed by atoms with Gasteiger partial charge < -0.3 is 10.8 Å². The van der Waals surface area contributed by atoms with Gasteiger partial charge in [0.15, 0.2) is 5.69 Å². The van der Waals surface area contributed by atoms with Crippen LogP contribution in [0.1, 0.15) is 21.1 Å². The molecule has 0 radical (unpaired) electrons. The quantitative estimate of drug-likeness (QED) is 0.812. The third-order valence-electron chi connectivity index (χ3n) is 2.31. The molecule has 2 rings (SSSR count). The van der Waals surface area contributed by atoms with Gasteiger partial charge in [-0.05, 0) is 18.0 Å². The molecule has 0 aromatic carbocycles. The fourth-order valence-corrected chi connectivity index (χ4v) is 2.25. The smallest absolute Gasteiger partial charge is 0.358 e. The summed E-state index contributed by atoms with van der Waals surface area (Å²) < 4.78 is 1.60. The molecule has 0 amide bonds. The van der Waals surface area contributed by atoms with Gasteiger partial charge in [-0.3, -0.25) is 0 Å². The summed E-state index contributed by atoms with van der Waals surface area (Å²) in [6, 6.07) is 3.91. The van der Waals surface area contributed by atoms with Crippen molar-refractivity contribution in [2.45, 2.75) is 13.0 Å². The topological polar surface area (TPSA) is 94.0 Å². The molecule has 17 heavy (non-hydrogen) atoms.